The number of hydrogen-bond donors (Lipinski definition) is 0. The minimum absolute atomic E-state index is 0.0392. The SMILES string of the molecule is CCOC(=O)CN(CC(=O)OCC)Cc1ccc2c(c1)N=C(C)C2(C)C. The standard InChI is InChI=1S/C20H28N2O4/c1-6-25-18(23)12-22(13-19(24)26-7-2)11-15-8-9-16-17(10-15)21-14(3)20(16,4)5/h8-10H,6-7,11-13H2,1-5H3. The molecule has 6 heteroatoms. The molecule has 0 aliphatic carbocycles. The predicted molar refractivity (Wildman–Crippen MR) is 101 cm³/mol. The number of benzene rings is 1. The van der Waals surface area contributed by atoms with Gasteiger partial charge in [-0.25, -0.2) is 0 Å². The van der Waals surface area contributed by atoms with Gasteiger partial charge < -0.3 is 9.47 Å². The summed E-state index contributed by atoms with van der Waals surface area (Å²) in [7, 11) is 0. The van der Waals surface area contributed by atoms with Crippen LogP contribution in [-0.2, 0) is 31.0 Å². The van der Waals surface area contributed by atoms with Gasteiger partial charge in [0.25, 0.3) is 0 Å². The van der Waals surface area contributed by atoms with E-state index in [0.29, 0.717) is 19.8 Å². The quantitative estimate of drug-likeness (QED) is 0.667. The van der Waals surface area contributed by atoms with Crippen LogP contribution in [0.5, 0.6) is 0 Å². The van der Waals surface area contributed by atoms with E-state index in [1.807, 2.05) is 19.1 Å². The van der Waals surface area contributed by atoms with Gasteiger partial charge in [0.2, 0.25) is 0 Å². The molecular weight excluding hydrogens is 332 g/mol. The highest BCUT2D eigenvalue weighted by Crippen LogP contribution is 2.40. The lowest BCUT2D eigenvalue weighted by Crippen LogP contribution is -2.35. The van der Waals surface area contributed by atoms with Gasteiger partial charge in [0, 0.05) is 17.7 Å². The lowest BCUT2D eigenvalue weighted by molar-refractivity contribution is -0.148. The molecule has 0 aromatic heterocycles. The highest BCUT2D eigenvalue weighted by molar-refractivity contribution is 5.99. The Morgan fingerprint density at radius 3 is 2.19 bits per heavy atom. The van der Waals surface area contributed by atoms with Gasteiger partial charge in [-0.1, -0.05) is 26.0 Å². The van der Waals surface area contributed by atoms with E-state index >= 15 is 0 Å². The van der Waals surface area contributed by atoms with E-state index in [9.17, 15) is 9.59 Å². The summed E-state index contributed by atoms with van der Waals surface area (Å²) in [6, 6.07) is 6.13. The molecule has 142 valence electrons. The van der Waals surface area contributed by atoms with Crippen LogP contribution in [0.2, 0.25) is 0 Å². The monoisotopic (exact) mass is 360 g/mol. The molecule has 0 radical (unpaired) electrons. The Bertz CT molecular complexity index is 690. The molecule has 0 atom stereocenters. The Balaban J connectivity index is 2.16. The molecule has 26 heavy (non-hydrogen) atoms. The van der Waals surface area contributed by atoms with Crippen LogP contribution < -0.4 is 0 Å². The van der Waals surface area contributed by atoms with Gasteiger partial charge in [0.15, 0.2) is 0 Å². The Morgan fingerprint density at radius 1 is 1.08 bits per heavy atom. The van der Waals surface area contributed by atoms with E-state index in [1.54, 1.807) is 18.7 Å². The third-order valence-corrected chi connectivity index (χ3v) is 4.65. The average Bonchev–Trinajstić information content (AvgIpc) is 2.76. The second kappa shape index (κ2) is 8.45. The Kier molecular flexibility index (Phi) is 6.53. The highest BCUT2D eigenvalue weighted by Gasteiger charge is 2.32. The number of nitrogens with zero attached hydrogens (tertiary/aromatic N) is 2. The van der Waals surface area contributed by atoms with Crippen molar-refractivity contribution in [2.75, 3.05) is 26.3 Å². The maximum Gasteiger partial charge on any atom is 0.320 e. The highest BCUT2D eigenvalue weighted by atomic mass is 16.5. The molecule has 0 unspecified atom stereocenters. The van der Waals surface area contributed by atoms with Gasteiger partial charge in [0.05, 0.1) is 32.0 Å². The smallest absolute Gasteiger partial charge is 0.320 e. The molecule has 1 aromatic carbocycles. The minimum atomic E-state index is -0.354. The maximum atomic E-state index is 11.9. The summed E-state index contributed by atoms with van der Waals surface area (Å²) in [5.74, 6) is -0.707. The van der Waals surface area contributed by atoms with Crippen LogP contribution in [0.25, 0.3) is 0 Å². The molecule has 0 saturated heterocycles. The Morgan fingerprint density at radius 2 is 1.65 bits per heavy atom. The number of fused-ring (bicyclic) bond motifs is 1. The second-order valence-electron chi connectivity index (χ2n) is 6.93. The molecule has 0 spiro atoms. The normalized spacial score (nSPS) is 14.8. The number of carbonyl (C=O) groups excluding carboxylic acids is 2. The van der Waals surface area contributed by atoms with Crippen molar-refractivity contribution < 1.29 is 19.1 Å². The number of ether oxygens (including phenoxy) is 2. The number of esters is 2. The Labute approximate surface area is 155 Å². The van der Waals surface area contributed by atoms with Crippen molar-refractivity contribution in [2.45, 2.75) is 46.6 Å². The van der Waals surface area contributed by atoms with Gasteiger partial charge in [-0.3, -0.25) is 19.5 Å². The van der Waals surface area contributed by atoms with Crippen LogP contribution in [-0.4, -0.2) is 48.9 Å². The van der Waals surface area contributed by atoms with Crippen molar-refractivity contribution in [2.24, 2.45) is 4.99 Å². The van der Waals surface area contributed by atoms with Crippen molar-refractivity contribution in [1.29, 1.82) is 0 Å². The van der Waals surface area contributed by atoms with E-state index in [2.05, 4.69) is 24.9 Å². The molecule has 0 bridgehead atoms. The summed E-state index contributed by atoms with van der Waals surface area (Å²) in [5, 5.41) is 0. The van der Waals surface area contributed by atoms with Gasteiger partial charge in [-0.05, 0) is 38.0 Å². The lowest BCUT2D eigenvalue weighted by atomic mass is 9.82. The van der Waals surface area contributed by atoms with Crippen molar-refractivity contribution in [1.82, 2.24) is 4.90 Å². The largest absolute Gasteiger partial charge is 0.465 e. The summed E-state index contributed by atoms with van der Waals surface area (Å²) in [6.07, 6.45) is 0. The van der Waals surface area contributed by atoms with Gasteiger partial charge in [-0.15, -0.1) is 0 Å². The number of carbonyl (C=O) groups is 2. The van der Waals surface area contributed by atoms with Crippen LogP contribution in [0.3, 0.4) is 0 Å². The third-order valence-electron chi connectivity index (χ3n) is 4.65. The molecule has 0 fully saturated rings. The zero-order chi connectivity index (χ0) is 19.3. The molecule has 1 aliphatic rings. The maximum absolute atomic E-state index is 11.9. The second-order valence-corrected chi connectivity index (χ2v) is 6.93. The molecule has 1 heterocycles. The van der Waals surface area contributed by atoms with Crippen LogP contribution in [0.4, 0.5) is 5.69 Å². The van der Waals surface area contributed by atoms with Crippen molar-refractivity contribution in [3.63, 3.8) is 0 Å². The average molecular weight is 360 g/mol. The van der Waals surface area contributed by atoms with Crippen LogP contribution in [0, 0.1) is 0 Å². The van der Waals surface area contributed by atoms with Crippen molar-refractivity contribution >= 4 is 23.3 Å². The zero-order valence-corrected chi connectivity index (χ0v) is 16.3. The van der Waals surface area contributed by atoms with E-state index < -0.39 is 0 Å². The summed E-state index contributed by atoms with van der Waals surface area (Å²) in [5.41, 5.74) is 4.16. The molecule has 1 aliphatic heterocycles. The van der Waals surface area contributed by atoms with Crippen molar-refractivity contribution in [3.05, 3.63) is 29.3 Å². The van der Waals surface area contributed by atoms with Crippen LogP contribution in [0.15, 0.2) is 23.2 Å². The van der Waals surface area contributed by atoms with E-state index in [1.165, 1.54) is 5.56 Å². The van der Waals surface area contributed by atoms with Gasteiger partial charge >= 0.3 is 11.9 Å². The minimum Gasteiger partial charge on any atom is -0.465 e. The third kappa shape index (κ3) is 4.69. The molecule has 6 nitrogen and oxygen atoms in total. The summed E-state index contributed by atoms with van der Waals surface area (Å²) < 4.78 is 10.0. The first kappa shape index (κ1) is 20.1. The summed E-state index contributed by atoms with van der Waals surface area (Å²) >= 11 is 0. The zero-order valence-electron chi connectivity index (χ0n) is 16.3. The van der Waals surface area contributed by atoms with Crippen molar-refractivity contribution in [3.8, 4) is 0 Å². The van der Waals surface area contributed by atoms with Gasteiger partial charge in [-0.2, -0.15) is 0 Å². The first-order valence-corrected chi connectivity index (χ1v) is 9.00. The van der Waals surface area contributed by atoms with E-state index in [-0.39, 0.29) is 30.4 Å². The number of rotatable bonds is 8. The topological polar surface area (TPSA) is 68.2 Å². The molecule has 2 rings (SSSR count). The van der Waals surface area contributed by atoms with Crippen LogP contribution in [0.1, 0.15) is 45.7 Å². The Hall–Kier alpha value is -2.21. The molecule has 0 saturated carbocycles. The van der Waals surface area contributed by atoms with E-state index in [4.69, 9.17) is 9.47 Å². The van der Waals surface area contributed by atoms with Gasteiger partial charge in [0.1, 0.15) is 0 Å². The number of hydrogen-bond acceptors (Lipinski definition) is 6. The molecule has 0 N–H and O–H groups in total. The fraction of sp³-hybridized carbons (Fsp3) is 0.550. The molecule has 1 aromatic rings. The fourth-order valence-electron chi connectivity index (χ4n) is 3.02. The van der Waals surface area contributed by atoms with E-state index in [0.717, 1.165) is 17.0 Å². The first-order chi connectivity index (χ1) is 12.3. The molecule has 0 amide bonds. The first-order valence-electron chi connectivity index (χ1n) is 9.00. The number of aliphatic imine (C=N–C) groups is 1. The van der Waals surface area contributed by atoms with Crippen LogP contribution >= 0.6 is 0 Å². The summed E-state index contributed by atoms with van der Waals surface area (Å²) in [4.78, 5) is 30.1. The molecular formula is C20H28N2O4. The fourth-order valence-corrected chi connectivity index (χ4v) is 3.02. The lowest BCUT2D eigenvalue weighted by Gasteiger charge is -2.22. The summed E-state index contributed by atoms with van der Waals surface area (Å²) in [6.45, 7) is 11.0. The predicted octanol–water partition coefficient (Wildman–Crippen LogP) is 3.00.